The monoisotopic (exact) mass is 321 g/mol. The first kappa shape index (κ1) is 13.9. The fourth-order valence-corrected chi connectivity index (χ4v) is 3.02. The molecule has 0 atom stereocenters. The number of carbonyl (C=O) groups excluding carboxylic acids is 1. The number of non-ortho nitro benzene ring substituents is 2. The summed E-state index contributed by atoms with van der Waals surface area (Å²) >= 11 is 0. The molecule has 1 aromatic heterocycles. The van der Waals surface area contributed by atoms with Crippen molar-refractivity contribution in [2.24, 2.45) is 0 Å². The van der Waals surface area contributed by atoms with Crippen LogP contribution in [0.2, 0.25) is 0 Å². The third-order valence-electron chi connectivity index (χ3n) is 4.00. The standard InChI is InChI=1S/C16H7N3O5/c20-16-13-7-10(19(23)24)5-8-4-9(18(21)22)6-12(14(8)13)11-2-1-3-17-15(11)16/h1-7H. The minimum absolute atomic E-state index is 0.132. The molecular formula is C16H7N3O5. The van der Waals surface area contributed by atoms with Crippen LogP contribution < -0.4 is 0 Å². The Kier molecular flexibility index (Phi) is 2.71. The Labute approximate surface area is 133 Å². The molecule has 0 radical (unpaired) electrons. The highest BCUT2D eigenvalue weighted by Crippen LogP contribution is 2.42. The number of nitrogens with zero attached hydrogens (tertiary/aromatic N) is 3. The summed E-state index contributed by atoms with van der Waals surface area (Å²) in [5.74, 6) is -0.430. The lowest BCUT2D eigenvalue weighted by atomic mass is 9.84. The Morgan fingerprint density at radius 1 is 0.875 bits per heavy atom. The van der Waals surface area contributed by atoms with E-state index in [0.29, 0.717) is 16.5 Å². The number of rotatable bonds is 2. The fraction of sp³-hybridized carbons (Fsp3) is 0. The molecule has 0 aliphatic heterocycles. The van der Waals surface area contributed by atoms with Crippen LogP contribution in [0.1, 0.15) is 16.1 Å². The molecule has 0 saturated carbocycles. The van der Waals surface area contributed by atoms with Gasteiger partial charge in [0.15, 0.2) is 0 Å². The van der Waals surface area contributed by atoms with E-state index in [1.54, 1.807) is 12.1 Å². The van der Waals surface area contributed by atoms with Crippen LogP contribution in [0.3, 0.4) is 0 Å². The maximum atomic E-state index is 12.7. The van der Waals surface area contributed by atoms with Crippen LogP contribution in [0.5, 0.6) is 0 Å². The molecule has 0 fully saturated rings. The molecule has 1 aliphatic rings. The lowest BCUT2D eigenvalue weighted by molar-refractivity contribution is -0.385. The zero-order valence-corrected chi connectivity index (χ0v) is 11.9. The number of hydrogen-bond acceptors (Lipinski definition) is 6. The number of nitro groups is 2. The van der Waals surface area contributed by atoms with Gasteiger partial charge in [-0.05, 0) is 17.0 Å². The number of benzene rings is 2. The Bertz CT molecular complexity index is 1090. The maximum Gasteiger partial charge on any atom is 0.270 e. The second-order valence-corrected chi connectivity index (χ2v) is 5.33. The van der Waals surface area contributed by atoms with Gasteiger partial charge in [0.05, 0.1) is 9.85 Å². The summed E-state index contributed by atoms with van der Waals surface area (Å²) in [5.41, 5.74) is 0.733. The van der Waals surface area contributed by atoms with E-state index in [0.717, 1.165) is 0 Å². The minimum atomic E-state index is -0.629. The fourth-order valence-electron chi connectivity index (χ4n) is 3.02. The van der Waals surface area contributed by atoms with Crippen LogP contribution in [0.25, 0.3) is 21.9 Å². The van der Waals surface area contributed by atoms with E-state index >= 15 is 0 Å². The lowest BCUT2D eigenvalue weighted by Gasteiger charge is -2.18. The molecule has 0 unspecified atom stereocenters. The molecule has 0 saturated heterocycles. The molecule has 0 N–H and O–H groups in total. The first-order valence-corrected chi connectivity index (χ1v) is 6.88. The minimum Gasteiger partial charge on any atom is -0.287 e. The number of carbonyl (C=O) groups is 1. The van der Waals surface area contributed by atoms with Crippen molar-refractivity contribution in [3.05, 3.63) is 74.1 Å². The van der Waals surface area contributed by atoms with Gasteiger partial charge in [0.25, 0.3) is 11.4 Å². The topological polar surface area (TPSA) is 116 Å². The molecule has 24 heavy (non-hydrogen) atoms. The SMILES string of the molecule is O=C1c2ncccc2-c2cc([N+](=O)[O-])cc3cc([N+](=O)[O-])cc1c23. The number of fused-ring (bicyclic) bond motifs is 2. The zero-order valence-electron chi connectivity index (χ0n) is 11.9. The average molecular weight is 321 g/mol. The van der Waals surface area contributed by atoms with Gasteiger partial charge in [-0.1, -0.05) is 6.07 Å². The van der Waals surface area contributed by atoms with Crippen molar-refractivity contribution < 1.29 is 14.6 Å². The van der Waals surface area contributed by atoms with Crippen LogP contribution in [0, 0.1) is 20.2 Å². The van der Waals surface area contributed by atoms with E-state index in [2.05, 4.69) is 4.98 Å². The number of hydrogen-bond donors (Lipinski definition) is 0. The van der Waals surface area contributed by atoms with Gasteiger partial charge in [-0.15, -0.1) is 0 Å². The summed E-state index contributed by atoms with van der Waals surface area (Å²) in [7, 11) is 0. The summed E-state index contributed by atoms with van der Waals surface area (Å²) in [6.07, 6.45) is 1.44. The van der Waals surface area contributed by atoms with Crippen LogP contribution in [-0.4, -0.2) is 20.6 Å². The lowest BCUT2D eigenvalue weighted by Crippen LogP contribution is -2.12. The molecule has 0 amide bonds. The normalized spacial score (nSPS) is 12.1. The van der Waals surface area contributed by atoms with E-state index in [9.17, 15) is 25.0 Å². The Hall–Kier alpha value is -3.68. The van der Waals surface area contributed by atoms with Gasteiger partial charge >= 0.3 is 0 Å². The third-order valence-corrected chi connectivity index (χ3v) is 4.00. The van der Waals surface area contributed by atoms with Crippen LogP contribution in [0.15, 0.2) is 42.6 Å². The smallest absolute Gasteiger partial charge is 0.270 e. The van der Waals surface area contributed by atoms with Gasteiger partial charge in [0, 0.05) is 47.0 Å². The second kappa shape index (κ2) is 4.66. The largest absolute Gasteiger partial charge is 0.287 e. The van der Waals surface area contributed by atoms with Crippen LogP contribution in [0.4, 0.5) is 11.4 Å². The highest BCUT2D eigenvalue weighted by atomic mass is 16.6. The van der Waals surface area contributed by atoms with E-state index in [1.807, 2.05) is 0 Å². The predicted octanol–water partition coefficient (Wildman–Crippen LogP) is 3.26. The van der Waals surface area contributed by atoms with Crippen molar-refractivity contribution in [1.82, 2.24) is 4.98 Å². The summed E-state index contributed by atoms with van der Waals surface area (Å²) in [6.45, 7) is 0. The molecular weight excluding hydrogens is 314 g/mol. The summed E-state index contributed by atoms with van der Waals surface area (Å²) < 4.78 is 0. The van der Waals surface area contributed by atoms with E-state index in [-0.39, 0.29) is 28.0 Å². The highest BCUT2D eigenvalue weighted by Gasteiger charge is 2.30. The van der Waals surface area contributed by atoms with Gasteiger partial charge in [-0.2, -0.15) is 0 Å². The zero-order chi connectivity index (χ0) is 17.0. The molecule has 116 valence electrons. The van der Waals surface area contributed by atoms with Gasteiger partial charge in [0.2, 0.25) is 5.78 Å². The summed E-state index contributed by atoms with van der Waals surface area (Å²) in [6, 6.07) is 8.33. The Morgan fingerprint density at radius 2 is 1.50 bits per heavy atom. The quantitative estimate of drug-likeness (QED) is 0.413. The number of ketones is 1. The summed E-state index contributed by atoms with van der Waals surface area (Å²) in [4.78, 5) is 37.8. The van der Waals surface area contributed by atoms with E-state index in [1.165, 1.54) is 30.5 Å². The number of nitro benzene ring substituents is 2. The molecule has 1 heterocycles. The number of aromatic nitrogens is 1. The van der Waals surface area contributed by atoms with Gasteiger partial charge < -0.3 is 0 Å². The molecule has 1 aliphatic carbocycles. The first-order chi connectivity index (χ1) is 11.5. The van der Waals surface area contributed by atoms with E-state index < -0.39 is 15.6 Å². The molecule has 0 spiro atoms. The first-order valence-electron chi connectivity index (χ1n) is 6.88. The van der Waals surface area contributed by atoms with Crippen molar-refractivity contribution in [3.8, 4) is 11.1 Å². The second-order valence-electron chi connectivity index (χ2n) is 5.33. The Balaban J connectivity index is 2.22. The van der Waals surface area contributed by atoms with E-state index in [4.69, 9.17) is 0 Å². The molecule has 2 aromatic carbocycles. The molecule has 8 nitrogen and oxygen atoms in total. The van der Waals surface area contributed by atoms with Crippen LogP contribution >= 0.6 is 0 Å². The van der Waals surface area contributed by atoms with Crippen molar-refractivity contribution >= 4 is 27.9 Å². The van der Waals surface area contributed by atoms with Gasteiger partial charge in [-0.25, -0.2) is 0 Å². The molecule has 8 heteroatoms. The van der Waals surface area contributed by atoms with Crippen LogP contribution in [-0.2, 0) is 0 Å². The van der Waals surface area contributed by atoms with Crippen molar-refractivity contribution in [2.75, 3.05) is 0 Å². The number of pyridine rings is 1. The third kappa shape index (κ3) is 1.80. The molecule has 3 aromatic rings. The molecule has 0 bridgehead atoms. The predicted molar refractivity (Wildman–Crippen MR) is 83.9 cm³/mol. The van der Waals surface area contributed by atoms with Crippen molar-refractivity contribution in [2.45, 2.75) is 0 Å². The van der Waals surface area contributed by atoms with Crippen molar-refractivity contribution in [1.29, 1.82) is 0 Å². The molecule has 4 rings (SSSR count). The maximum absolute atomic E-state index is 12.7. The van der Waals surface area contributed by atoms with Gasteiger partial charge in [-0.3, -0.25) is 30.0 Å². The highest BCUT2D eigenvalue weighted by molar-refractivity contribution is 6.25. The van der Waals surface area contributed by atoms with Crippen molar-refractivity contribution in [3.63, 3.8) is 0 Å². The average Bonchev–Trinajstić information content (AvgIpc) is 2.58. The summed E-state index contributed by atoms with van der Waals surface area (Å²) in [5, 5.41) is 23.1. The van der Waals surface area contributed by atoms with Gasteiger partial charge in [0.1, 0.15) is 5.69 Å². The Morgan fingerprint density at radius 3 is 2.12 bits per heavy atom.